The van der Waals surface area contributed by atoms with Crippen molar-refractivity contribution >= 4 is 5.78 Å². The zero-order valence-corrected chi connectivity index (χ0v) is 16.3. The Balaban J connectivity index is 1.67. The van der Waals surface area contributed by atoms with Crippen LogP contribution in [0, 0.1) is 6.92 Å². The lowest BCUT2D eigenvalue weighted by Gasteiger charge is -2.42. The van der Waals surface area contributed by atoms with Gasteiger partial charge in [0.25, 0.3) is 0 Å². The van der Waals surface area contributed by atoms with E-state index in [1.807, 2.05) is 12.3 Å². The van der Waals surface area contributed by atoms with Crippen molar-refractivity contribution in [3.8, 4) is 22.5 Å². The van der Waals surface area contributed by atoms with Crippen LogP contribution in [0.1, 0.15) is 30.4 Å². The monoisotopic (exact) mass is 368 g/mol. The zero-order valence-electron chi connectivity index (χ0n) is 16.3. The molecule has 0 saturated heterocycles. The Hall–Kier alpha value is -2.98. The average Bonchev–Trinajstić information content (AvgIpc) is 3.07. The predicted octanol–water partition coefficient (Wildman–Crippen LogP) is 4.97. The van der Waals surface area contributed by atoms with Gasteiger partial charge in [-0.25, -0.2) is 9.97 Å². The summed E-state index contributed by atoms with van der Waals surface area (Å²) in [6.07, 6.45) is 7.68. The lowest BCUT2D eigenvalue weighted by atomic mass is 9.72. The quantitative estimate of drug-likeness (QED) is 0.553. The van der Waals surface area contributed by atoms with Crippen molar-refractivity contribution in [2.24, 2.45) is 0 Å². The number of rotatable bonds is 4. The molecule has 1 N–H and O–H groups in total. The van der Waals surface area contributed by atoms with Crippen LogP contribution in [-0.2, 0) is 5.54 Å². The topological polar surface area (TPSA) is 42.2 Å². The van der Waals surface area contributed by atoms with Gasteiger partial charge in [-0.3, -0.25) is 4.40 Å². The van der Waals surface area contributed by atoms with E-state index in [1.54, 1.807) is 0 Å². The maximum absolute atomic E-state index is 4.88. The summed E-state index contributed by atoms with van der Waals surface area (Å²) in [5.41, 5.74) is 6.96. The van der Waals surface area contributed by atoms with Crippen LogP contribution >= 0.6 is 0 Å². The van der Waals surface area contributed by atoms with Crippen LogP contribution in [0.5, 0.6) is 0 Å². The molecule has 4 aromatic rings. The third-order valence-electron chi connectivity index (χ3n) is 6.05. The van der Waals surface area contributed by atoms with E-state index in [0.717, 1.165) is 33.9 Å². The highest BCUT2D eigenvalue weighted by molar-refractivity contribution is 5.81. The Morgan fingerprint density at radius 2 is 1.71 bits per heavy atom. The second kappa shape index (κ2) is 6.57. The molecule has 0 aliphatic heterocycles. The molecule has 4 nitrogen and oxygen atoms in total. The minimum atomic E-state index is 0.151. The fourth-order valence-electron chi connectivity index (χ4n) is 4.26. The Bertz CT molecular complexity index is 1120. The molecule has 1 aliphatic carbocycles. The van der Waals surface area contributed by atoms with Crippen molar-refractivity contribution < 1.29 is 0 Å². The molecule has 0 bridgehead atoms. The third kappa shape index (κ3) is 2.64. The number of fused-ring (bicyclic) bond motifs is 1. The Morgan fingerprint density at radius 1 is 0.964 bits per heavy atom. The van der Waals surface area contributed by atoms with Gasteiger partial charge in [-0.05, 0) is 44.4 Å². The summed E-state index contributed by atoms with van der Waals surface area (Å²) in [4.78, 5) is 9.43. The van der Waals surface area contributed by atoms with E-state index >= 15 is 0 Å². The van der Waals surface area contributed by atoms with Crippen LogP contribution in [0.2, 0.25) is 0 Å². The number of nitrogens with one attached hydrogen (secondary N) is 1. The first-order chi connectivity index (χ1) is 13.7. The van der Waals surface area contributed by atoms with E-state index in [2.05, 4.69) is 83.4 Å². The summed E-state index contributed by atoms with van der Waals surface area (Å²) in [6.45, 7) is 2.06. The van der Waals surface area contributed by atoms with Crippen molar-refractivity contribution in [2.45, 2.75) is 31.7 Å². The van der Waals surface area contributed by atoms with Crippen molar-refractivity contribution in [3.63, 3.8) is 0 Å². The molecular weight excluding hydrogens is 344 g/mol. The number of imidazole rings is 1. The van der Waals surface area contributed by atoms with Crippen LogP contribution in [-0.4, -0.2) is 21.4 Å². The van der Waals surface area contributed by atoms with E-state index in [4.69, 9.17) is 4.98 Å². The number of benzene rings is 2. The van der Waals surface area contributed by atoms with Gasteiger partial charge < -0.3 is 5.32 Å². The molecule has 28 heavy (non-hydrogen) atoms. The molecule has 5 rings (SSSR count). The number of hydrogen-bond acceptors (Lipinski definition) is 3. The van der Waals surface area contributed by atoms with Crippen LogP contribution in [0.3, 0.4) is 0 Å². The Morgan fingerprint density at radius 3 is 2.36 bits per heavy atom. The van der Waals surface area contributed by atoms with E-state index < -0.39 is 0 Å². The first kappa shape index (κ1) is 17.1. The highest BCUT2D eigenvalue weighted by Gasteiger charge is 2.36. The van der Waals surface area contributed by atoms with Crippen LogP contribution in [0.25, 0.3) is 28.3 Å². The molecule has 2 aromatic heterocycles. The van der Waals surface area contributed by atoms with Gasteiger partial charge in [0.05, 0.1) is 11.4 Å². The fraction of sp³-hybridized carbons (Fsp3) is 0.250. The predicted molar refractivity (Wildman–Crippen MR) is 113 cm³/mol. The molecule has 1 aliphatic rings. The SMILES string of the molecule is CNC1(c2ccc(-c3nc4ncc(C)cn4c3-c3ccccc3)cc2)CCC1. The fourth-order valence-corrected chi connectivity index (χ4v) is 4.26. The number of hydrogen-bond donors (Lipinski definition) is 1. The van der Waals surface area contributed by atoms with Crippen LogP contribution < -0.4 is 5.32 Å². The van der Waals surface area contributed by atoms with E-state index in [1.165, 1.54) is 24.8 Å². The molecule has 1 fully saturated rings. The molecule has 1 saturated carbocycles. The van der Waals surface area contributed by atoms with Gasteiger partial charge in [0.15, 0.2) is 0 Å². The summed E-state index contributed by atoms with van der Waals surface area (Å²) >= 11 is 0. The second-order valence-electron chi connectivity index (χ2n) is 7.74. The smallest absolute Gasteiger partial charge is 0.234 e. The molecule has 0 atom stereocenters. The number of aromatic nitrogens is 3. The van der Waals surface area contributed by atoms with Gasteiger partial charge in [0.1, 0.15) is 0 Å². The summed E-state index contributed by atoms with van der Waals surface area (Å²) in [6, 6.07) is 19.4. The van der Waals surface area contributed by atoms with Crippen molar-refractivity contribution in [1.29, 1.82) is 0 Å². The lowest BCUT2D eigenvalue weighted by Crippen LogP contribution is -2.45. The van der Waals surface area contributed by atoms with Crippen molar-refractivity contribution in [2.75, 3.05) is 7.05 Å². The van der Waals surface area contributed by atoms with Gasteiger partial charge in [0.2, 0.25) is 5.78 Å². The number of nitrogens with zero attached hydrogens (tertiary/aromatic N) is 3. The second-order valence-corrected chi connectivity index (χ2v) is 7.74. The molecular formula is C24H24N4. The Kier molecular flexibility index (Phi) is 4.02. The van der Waals surface area contributed by atoms with E-state index in [-0.39, 0.29) is 5.54 Å². The van der Waals surface area contributed by atoms with Crippen molar-refractivity contribution in [3.05, 3.63) is 78.1 Å². The maximum atomic E-state index is 4.88. The van der Waals surface area contributed by atoms with Gasteiger partial charge in [0, 0.05) is 29.1 Å². The average molecular weight is 368 g/mol. The summed E-state index contributed by atoms with van der Waals surface area (Å²) < 4.78 is 2.11. The molecule has 0 unspecified atom stereocenters. The van der Waals surface area contributed by atoms with E-state index in [0.29, 0.717) is 0 Å². The third-order valence-corrected chi connectivity index (χ3v) is 6.05. The standard InChI is InChI=1S/C24H24N4/c1-17-15-26-23-27-21(22(28(23)16-17)19-7-4-3-5-8-19)18-9-11-20(12-10-18)24(25-2)13-6-14-24/h3-5,7-12,15-16,25H,6,13-14H2,1-2H3. The molecule has 0 amide bonds. The molecule has 4 heteroatoms. The highest BCUT2D eigenvalue weighted by atomic mass is 15.1. The molecule has 2 aromatic carbocycles. The van der Waals surface area contributed by atoms with Crippen LogP contribution in [0.4, 0.5) is 0 Å². The van der Waals surface area contributed by atoms with Gasteiger partial charge in [-0.1, -0.05) is 54.6 Å². The molecule has 0 radical (unpaired) electrons. The lowest BCUT2D eigenvalue weighted by molar-refractivity contribution is 0.201. The van der Waals surface area contributed by atoms with E-state index in [9.17, 15) is 0 Å². The normalized spacial score (nSPS) is 15.5. The van der Waals surface area contributed by atoms with Gasteiger partial charge >= 0.3 is 0 Å². The van der Waals surface area contributed by atoms with Crippen molar-refractivity contribution in [1.82, 2.24) is 19.7 Å². The maximum Gasteiger partial charge on any atom is 0.234 e. The molecule has 140 valence electrons. The highest BCUT2D eigenvalue weighted by Crippen LogP contribution is 2.41. The van der Waals surface area contributed by atoms with Gasteiger partial charge in [-0.15, -0.1) is 0 Å². The molecule has 2 heterocycles. The van der Waals surface area contributed by atoms with Gasteiger partial charge in [-0.2, -0.15) is 0 Å². The zero-order chi connectivity index (χ0) is 19.1. The Labute approximate surface area is 165 Å². The van der Waals surface area contributed by atoms with Crippen LogP contribution in [0.15, 0.2) is 67.0 Å². The summed E-state index contributed by atoms with van der Waals surface area (Å²) in [5.74, 6) is 0.731. The minimum Gasteiger partial charge on any atom is -0.310 e. The first-order valence-corrected chi connectivity index (χ1v) is 9.90. The number of aryl methyl sites for hydroxylation is 1. The minimum absolute atomic E-state index is 0.151. The summed E-state index contributed by atoms with van der Waals surface area (Å²) in [7, 11) is 2.07. The molecule has 0 spiro atoms. The summed E-state index contributed by atoms with van der Waals surface area (Å²) in [5, 5.41) is 3.53. The largest absolute Gasteiger partial charge is 0.310 e. The first-order valence-electron chi connectivity index (χ1n) is 9.90.